The lowest BCUT2D eigenvalue weighted by atomic mass is 9.89. The number of nitrogens with one attached hydrogen (secondary N) is 1. The maximum Gasteiger partial charge on any atom is 0.137 e. The Morgan fingerprint density at radius 3 is 2.67 bits per heavy atom. The highest BCUT2D eigenvalue weighted by molar-refractivity contribution is 9.10. The second-order valence-electron chi connectivity index (χ2n) is 3.85. The van der Waals surface area contributed by atoms with Crippen LogP contribution >= 0.6 is 15.9 Å². The molecule has 0 radical (unpaired) electrons. The van der Waals surface area contributed by atoms with E-state index >= 15 is 0 Å². The number of phenols is 1. The summed E-state index contributed by atoms with van der Waals surface area (Å²) in [6.45, 7) is 1.86. The van der Waals surface area contributed by atoms with E-state index in [0.717, 1.165) is 31.5 Å². The fourth-order valence-electron chi connectivity index (χ4n) is 2.01. The number of halogens is 2. The first kappa shape index (κ1) is 10.9. The molecule has 2 nitrogen and oxygen atoms in total. The average Bonchev–Trinajstić information content (AvgIpc) is 2.25. The first-order valence-electron chi connectivity index (χ1n) is 5.07. The van der Waals surface area contributed by atoms with E-state index in [0.29, 0.717) is 4.47 Å². The molecule has 4 heteroatoms. The summed E-state index contributed by atoms with van der Waals surface area (Å²) in [6.07, 6.45) is 1.91. The van der Waals surface area contributed by atoms with Gasteiger partial charge in [-0.2, -0.15) is 0 Å². The molecule has 2 N–H and O–H groups in total. The van der Waals surface area contributed by atoms with Gasteiger partial charge in [-0.3, -0.25) is 0 Å². The van der Waals surface area contributed by atoms with Gasteiger partial charge in [0.1, 0.15) is 11.6 Å². The fraction of sp³-hybridized carbons (Fsp3) is 0.455. The molecule has 82 valence electrons. The molecule has 0 aromatic heterocycles. The monoisotopic (exact) mass is 273 g/mol. The molecule has 1 aromatic rings. The molecule has 1 aliphatic heterocycles. The van der Waals surface area contributed by atoms with Gasteiger partial charge >= 0.3 is 0 Å². The van der Waals surface area contributed by atoms with Crippen LogP contribution in [0.2, 0.25) is 0 Å². The summed E-state index contributed by atoms with van der Waals surface area (Å²) in [5.74, 6) is 0.158. The molecule has 0 spiro atoms. The minimum Gasteiger partial charge on any atom is -0.508 e. The highest BCUT2D eigenvalue weighted by Gasteiger charge is 2.19. The number of rotatable bonds is 1. The van der Waals surface area contributed by atoms with Crippen molar-refractivity contribution in [1.29, 1.82) is 0 Å². The third kappa shape index (κ3) is 2.32. The molecule has 15 heavy (non-hydrogen) atoms. The number of hydrogen-bond acceptors (Lipinski definition) is 2. The van der Waals surface area contributed by atoms with Crippen LogP contribution in [-0.4, -0.2) is 18.2 Å². The van der Waals surface area contributed by atoms with Crippen molar-refractivity contribution in [1.82, 2.24) is 5.32 Å². The van der Waals surface area contributed by atoms with Gasteiger partial charge in [0.05, 0.1) is 4.47 Å². The van der Waals surface area contributed by atoms with Crippen molar-refractivity contribution in [3.63, 3.8) is 0 Å². The SMILES string of the molecule is Oc1cc(Br)c(F)cc1C1CCNCC1. The van der Waals surface area contributed by atoms with Gasteiger partial charge in [0.2, 0.25) is 0 Å². The number of benzene rings is 1. The second kappa shape index (κ2) is 4.49. The van der Waals surface area contributed by atoms with Crippen LogP contribution in [0.15, 0.2) is 16.6 Å². The standard InChI is InChI=1S/C11H13BrFNO/c12-9-6-11(15)8(5-10(9)13)7-1-3-14-4-2-7/h5-7,14-15H,1-4H2. The van der Waals surface area contributed by atoms with E-state index in [9.17, 15) is 9.50 Å². The molecule has 1 fully saturated rings. The minimum atomic E-state index is -0.304. The predicted molar refractivity (Wildman–Crippen MR) is 60.6 cm³/mol. The Labute approximate surface area is 96.6 Å². The average molecular weight is 274 g/mol. The van der Waals surface area contributed by atoms with Crippen molar-refractivity contribution in [2.75, 3.05) is 13.1 Å². The van der Waals surface area contributed by atoms with Gasteiger partial charge in [-0.05, 0) is 59.9 Å². The summed E-state index contributed by atoms with van der Waals surface area (Å²) in [5.41, 5.74) is 0.734. The van der Waals surface area contributed by atoms with Crippen LogP contribution in [0.25, 0.3) is 0 Å². The molecule has 0 bridgehead atoms. The van der Waals surface area contributed by atoms with Gasteiger partial charge < -0.3 is 10.4 Å². The molecular formula is C11H13BrFNO. The van der Waals surface area contributed by atoms with Crippen molar-refractivity contribution < 1.29 is 9.50 Å². The zero-order valence-electron chi connectivity index (χ0n) is 8.26. The van der Waals surface area contributed by atoms with Crippen molar-refractivity contribution >= 4 is 15.9 Å². The number of hydrogen-bond donors (Lipinski definition) is 2. The quantitative estimate of drug-likeness (QED) is 0.825. The number of aromatic hydroxyl groups is 1. The van der Waals surface area contributed by atoms with Crippen molar-refractivity contribution in [3.05, 3.63) is 28.0 Å². The largest absolute Gasteiger partial charge is 0.508 e. The Bertz CT molecular complexity index is 364. The first-order valence-corrected chi connectivity index (χ1v) is 5.86. The lowest BCUT2D eigenvalue weighted by Gasteiger charge is -2.23. The van der Waals surface area contributed by atoms with E-state index in [1.165, 1.54) is 12.1 Å². The van der Waals surface area contributed by atoms with Crippen LogP contribution in [-0.2, 0) is 0 Å². The molecule has 0 aliphatic carbocycles. The molecule has 1 aliphatic rings. The van der Waals surface area contributed by atoms with Crippen molar-refractivity contribution in [2.24, 2.45) is 0 Å². The molecule has 0 unspecified atom stereocenters. The van der Waals surface area contributed by atoms with Crippen molar-refractivity contribution in [2.45, 2.75) is 18.8 Å². The Morgan fingerprint density at radius 2 is 2.00 bits per heavy atom. The lowest BCUT2D eigenvalue weighted by Crippen LogP contribution is -2.26. The fourth-order valence-corrected chi connectivity index (χ4v) is 2.34. The van der Waals surface area contributed by atoms with Gasteiger partial charge in [0, 0.05) is 5.56 Å². The maximum atomic E-state index is 13.3. The van der Waals surface area contributed by atoms with Crippen LogP contribution in [0.5, 0.6) is 5.75 Å². The number of piperidine rings is 1. The predicted octanol–water partition coefficient (Wildman–Crippen LogP) is 2.76. The van der Waals surface area contributed by atoms with Crippen LogP contribution in [0, 0.1) is 5.82 Å². The molecule has 1 heterocycles. The van der Waals surface area contributed by atoms with E-state index in [-0.39, 0.29) is 17.5 Å². The van der Waals surface area contributed by atoms with Gasteiger partial charge in [0.25, 0.3) is 0 Å². The van der Waals surface area contributed by atoms with E-state index in [1.807, 2.05) is 0 Å². The highest BCUT2D eigenvalue weighted by Crippen LogP contribution is 2.35. The van der Waals surface area contributed by atoms with Crippen LogP contribution in [0.4, 0.5) is 4.39 Å². The second-order valence-corrected chi connectivity index (χ2v) is 4.70. The number of phenolic OH excluding ortho intramolecular Hbond substituents is 1. The summed E-state index contributed by atoms with van der Waals surface area (Å²) in [7, 11) is 0. The lowest BCUT2D eigenvalue weighted by molar-refractivity contribution is 0.421. The van der Waals surface area contributed by atoms with Crippen LogP contribution in [0.3, 0.4) is 0 Å². The Kier molecular flexibility index (Phi) is 3.26. The maximum absolute atomic E-state index is 13.3. The smallest absolute Gasteiger partial charge is 0.137 e. The molecule has 1 aromatic carbocycles. The van der Waals surface area contributed by atoms with Gasteiger partial charge in [-0.1, -0.05) is 0 Å². The molecule has 0 atom stereocenters. The summed E-state index contributed by atoms with van der Waals surface area (Å²) in [4.78, 5) is 0. The van der Waals surface area contributed by atoms with E-state index < -0.39 is 0 Å². The minimum absolute atomic E-state index is 0.190. The summed E-state index contributed by atoms with van der Waals surface area (Å²) in [6, 6.07) is 2.88. The van der Waals surface area contributed by atoms with Gasteiger partial charge in [-0.15, -0.1) is 0 Å². The van der Waals surface area contributed by atoms with E-state index in [1.54, 1.807) is 0 Å². The Balaban J connectivity index is 2.30. The Hall–Kier alpha value is -0.610. The van der Waals surface area contributed by atoms with Crippen molar-refractivity contribution in [3.8, 4) is 5.75 Å². The van der Waals surface area contributed by atoms with E-state index in [2.05, 4.69) is 21.2 Å². The third-order valence-electron chi connectivity index (χ3n) is 2.85. The zero-order valence-corrected chi connectivity index (χ0v) is 9.85. The highest BCUT2D eigenvalue weighted by atomic mass is 79.9. The molecule has 1 saturated heterocycles. The summed E-state index contributed by atoms with van der Waals surface area (Å²) < 4.78 is 13.7. The zero-order chi connectivity index (χ0) is 10.8. The normalized spacial score (nSPS) is 18.0. The van der Waals surface area contributed by atoms with Crippen LogP contribution in [0.1, 0.15) is 24.3 Å². The topological polar surface area (TPSA) is 32.3 Å². The van der Waals surface area contributed by atoms with Gasteiger partial charge in [-0.25, -0.2) is 4.39 Å². The molecule has 2 rings (SSSR count). The van der Waals surface area contributed by atoms with E-state index in [4.69, 9.17) is 0 Å². The summed E-state index contributed by atoms with van der Waals surface area (Å²) >= 11 is 3.06. The van der Waals surface area contributed by atoms with Gasteiger partial charge in [0.15, 0.2) is 0 Å². The first-order chi connectivity index (χ1) is 7.18. The molecule has 0 amide bonds. The molecule has 0 saturated carbocycles. The van der Waals surface area contributed by atoms with Crippen LogP contribution < -0.4 is 5.32 Å². The Morgan fingerprint density at radius 1 is 1.33 bits per heavy atom. The third-order valence-corrected chi connectivity index (χ3v) is 3.46. The summed E-state index contributed by atoms with van der Waals surface area (Å²) in [5, 5.41) is 13.0. The molecular weight excluding hydrogens is 261 g/mol.